The van der Waals surface area contributed by atoms with Gasteiger partial charge < -0.3 is 15.4 Å². The highest BCUT2D eigenvalue weighted by Gasteiger charge is 2.27. The van der Waals surface area contributed by atoms with Gasteiger partial charge in [-0.15, -0.1) is 0 Å². The number of methoxy groups -OCH3 is 1. The molecular weight excluding hydrogens is 232 g/mol. The van der Waals surface area contributed by atoms with E-state index in [1.54, 1.807) is 0 Å². The highest BCUT2D eigenvalue weighted by Crippen LogP contribution is 2.19. The van der Waals surface area contributed by atoms with Crippen LogP contribution in [0.4, 0.5) is 0 Å². The summed E-state index contributed by atoms with van der Waals surface area (Å²) in [6.07, 6.45) is 3.71. The van der Waals surface area contributed by atoms with E-state index in [2.05, 4.69) is 0 Å². The molecule has 1 atom stereocenters. The number of hydrogen-bond acceptors (Lipinski definition) is 4. The molecule has 5 heteroatoms. The lowest BCUT2D eigenvalue weighted by molar-refractivity contribution is -0.148. The number of hydrogen-bond donors (Lipinski definition) is 1. The maximum atomic E-state index is 11.9. The van der Waals surface area contributed by atoms with E-state index in [4.69, 9.17) is 10.5 Å². The van der Waals surface area contributed by atoms with Crippen molar-refractivity contribution in [2.45, 2.75) is 45.1 Å². The van der Waals surface area contributed by atoms with Crippen molar-refractivity contribution in [1.29, 1.82) is 0 Å². The monoisotopic (exact) mass is 256 g/mol. The highest BCUT2D eigenvalue weighted by molar-refractivity contribution is 5.77. The smallest absolute Gasteiger partial charge is 0.308 e. The number of nitrogens with two attached hydrogens (primary N) is 1. The average molecular weight is 256 g/mol. The summed E-state index contributed by atoms with van der Waals surface area (Å²) in [5, 5.41) is 0. The summed E-state index contributed by atoms with van der Waals surface area (Å²) in [6.45, 7) is 3.28. The molecule has 1 unspecified atom stereocenters. The maximum Gasteiger partial charge on any atom is 0.308 e. The Bertz CT molecular complexity index is 284. The molecule has 1 amide bonds. The van der Waals surface area contributed by atoms with Crippen LogP contribution in [0, 0.1) is 5.92 Å². The zero-order chi connectivity index (χ0) is 13.5. The second-order valence-electron chi connectivity index (χ2n) is 5.05. The van der Waals surface area contributed by atoms with E-state index in [-0.39, 0.29) is 23.8 Å². The van der Waals surface area contributed by atoms with Crippen LogP contribution in [0.2, 0.25) is 0 Å². The average Bonchev–Trinajstić information content (AvgIpc) is 2.37. The minimum atomic E-state index is -0.154. The Morgan fingerprint density at radius 1 is 1.39 bits per heavy atom. The molecule has 1 fully saturated rings. The van der Waals surface area contributed by atoms with E-state index in [9.17, 15) is 9.59 Å². The number of ether oxygens (including phenoxy) is 1. The molecule has 1 rings (SSSR count). The molecule has 1 aliphatic heterocycles. The molecular formula is C13H24N2O3. The van der Waals surface area contributed by atoms with Crippen LogP contribution in [0.1, 0.15) is 39.0 Å². The summed E-state index contributed by atoms with van der Waals surface area (Å²) < 4.78 is 4.72. The van der Waals surface area contributed by atoms with Crippen molar-refractivity contribution in [3.63, 3.8) is 0 Å². The Morgan fingerprint density at radius 3 is 2.50 bits per heavy atom. The van der Waals surface area contributed by atoms with Crippen LogP contribution in [0.15, 0.2) is 0 Å². The predicted octanol–water partition coefficient (Wildman–Crippen LogP) is 0.915. The second-order valence-corrected chi connectivity index (χ2v) is 5.05. The number of esters is 1. The summed E-state index contributed by atoms with van der Waals surface area (Å²) in [6, 6.07) is 0.155. The fourth-order valence-electron chi connectivity index (χ4n) is 2.26. The number of piperidine rings is 1. The third kappa shape index (κ3) is 4.64. The van der Waals surface area contributed by atoms with Gasteiger partial charge in [-0.25, -0.2) is 0 Å². The van der Waals surface area contributed by atoms with Gasteiger partial charge in [-0.2, -0.15) is 0 Å². The summed E-state index contributed by atoms with van der Waals surface area (Å²) >= 11 is 0. The second kappa shape index (κ2) is 7.36. The largest absolute Gasteiger partial charge is 0.469 e. The molecule has 0 aromatic carbocycles. The standard InChI is InChI=1S/C13H24N2O3/c1-10(14)4-3-5-12(16)15-8-6-11(7-9-15)13(17)18-2/h10-11H,3-9,14H2,1-2H3. The zero-order valence-corrected chi connectivity index (χ0v) is 11.4. The quantitative estimate of drug-likeness (QED) is 0.742. The number of carbonyl (C=O) groups excluding carboxylic acids is 2. The number of amides is 1. The Labute approximate surface area is 109 Å². The van der Waals surface area contributed by atoms with Crippen molar-refractivity contribution < 1.29 is 14.3 Å². The normalized spacial score (nSPS) is 18.5. The van der Waals surface area contributed by atoms with Crippen LogP contribution in [-0.4, -0.2) is 43.0 Å². The molecule has 1 saturated heterocycles. The summed E-state index contributed by atoms with van der Waals surface area (Å²) in [5.41, 5.74) is 5.65. The first-order valence-corrected chi connectivity index (χ1v) is 6.65. The lowest BCUT2D eigenvalue weighted by Gasteiger charge is -2.30. The fraction of sp³-hybridized carbons (Fsp3) is 0.846. The summed E-state index contributed by atoms with van der Waals surface area (Å²) in [7, 11) is 1.41. The number of likely N-dealkylation sites (tertiary alicyclic amines) is 1. The molecule has 5 nitrogen and oxygen atoms in total. The van der Waals surface area contributed by atoms with Crippen molar-refractivity contribution in [3.05, 3.63) is 0 Å². The molecule has 0 radical (unpaired) electrons. The van der Waals surface area contributed by atoms with Gasteiger partial charge in [-0.1, -0.05) is 0 Å². The SMILES string of the molecule is COC(=O)C1CCN(C(=O)CCCC(C)N)CC1. The van der Waals surface area contributed by atoms with Crippen molar-refractivity contribution in [2.24, 2.45) is 11.7 Å². The van der Waals surface area contributed by atoms with Crippen molar-refractivity contribution in [1.82, 2.24) is 4.90 Å². The van der Waals surface area contributed by atoms with Crippen LogP contribution in [0.25, 0.3) is 0 Å². The maximum absolute atomic E-state index is 11.9. The third-order valence-corrected chi connectivity index (χ3v) is 3.43. The highest BCUT2D eigenvalue weighted by atomic mass is 16.5. The molecule has 0 saturated carbocycles. The molecule has 104 valence electrons. The van der Waals surface area contributed by atoms with Gasteiger partial charge in [0, 0.05) is 25.6 Å². The van der Waals surface area contributed by atoms with Gasteiger partial charge in [-0.05, 0) is 32.6 Å². The van der Waals surface area contributed by atoms with Crippen molar-refractivity contribution in [2.75, 3.05) is 20.2 Å². The van der Waals surface area contributed by atoms with E-state index < -0.39 is 0 Å². The van der Waals surface area contributed by atoms with Crippen LogP contribution in [-0.2, 0) is 14.3 Å². The Morgan fingerprint density at radius 2 is 2.00 bits per heavy atom. The van der Waals surface area contributed by atoms with Crippen molar-refractivity contribution >= 4 is 11.9 Å². The van der Waals surface area contributed by atoms with Gasteiger partial charge in [0.15, 0.2) is 0 Å². The summed E-state index contributed by atoms with van der Waals surface area (Å²) in [4.78, 5) is 25.1. The van der Waals surface area contributed by atoms with Gasteiger partial charge in [0.2, 0.25) is 5.91 Å². The molecule has 0 spiro atoms. The van der Waals surface area contributed by atoms with E-state index in [0.29, 0.717) is 32.4 Å². The van der Waals surface area contributed by atoms with Gasteiger partial charge in [0.25, 0.3) is 0 Å². The van der Waals surface area contributed by atoms with Crippen LogP contribution in [0.3, 0.4) is 0 Å². The Hall–Kier alpha value is -1.10. The topological polar surface area (TPSA) is 72.6 Å². The van der Waals surface area contributed by atoms with E-state index in [0.717, 1.165) is 12.8 Å². The first kappa shape index (κ1) is 15.0. The lowest BCUT2D eigenvalue weighted by atomic mass is 9.96. The van der Waals surface area contributed by atoms with Crippen molar-refractivity contribution in [3.8, 4) is 0 Å². The first-order valence-electron chi connectivity index (χ1n) is 6.65. The number of carbonyl (C=O) groups is 2. The zero-order valence-electron chi connectivity index (χ0n) is 11.4. The molecule has 2 N–H and O–H groups in total. The van der Waals surface area contributed by atoms with Gasteiger partial charge in [0.1, 0.15) is 0 Å². The first-order chi connectivity index (χ1) is 8.54. The third-order valence-electron chi connectivity index (χ3n) is 3.43. The van der Waals surface area contributed by atoms with E-state index >= 15 is 0 Å². The predicted molar refractivity (Wildman–Crippen MR) is 68.8 cm³/mol. The molecule has 1 heterocycles. The van der Waals surface area contributed by atoms with Crippen LogP contribution < -0.4 is 5.73 Å². The Kier molecular flexibility index (Phi) is 6.12. The molecule has 0 aliphatic carbocycles. The minimum absolute atomic E-state index is 0.0388. The van der Waals surface area contributed by atoms with Gasteiger partial charge in [0.05, 0.1) is 13.0 Å². The molecule has 0 aromatic heterocycles. The fourth-order valence-corrected chi connectivity index (χ4v) is 2.26. The van der Waals surface area contributed by atoms with Gasteiger partial charge >= 0.3 is 5.97 Å². The van der Waals surface area contributed by atoms with E-state index in [1.165, 1.54) is 7.11 Å². The number of nitrogens with zero attached hydrogens (tertiary/aromatic N) is 1. The molecule has 0 aromatic rings. The van der Waals surface area contributed by atoms with Crippen LogP contribution >= 0.6 is 0 Å². The van der Waals surface area contributed by atoms with E-state index in [1.807, 2.05) is 11.8 Å². The molecule has 18 heavy (non-hydrogen) atoms. The minimum Gasteiger partial charge on any atom is -0.469 e. The van der Waals surface area contributed by atoms with Crippen LogP contribution in [0.5, 0.6) is 0 Å². The van der Waals surface area contributed by atoms with Gasteiger partial charge in [-0.3, -0.25) is 9.59 Å². The molecule has 1 aliphatic rings. The molecule has 0 bridgehead atoms. The lowest BCUT2D eigenvalue weighted by Crippen LogP contribution is -2.40. The number of rotatable bonds is 5. The Balaban J connectivity index is 2.25. The summed E-state index contributed by atoms with van der Waals surface area (Å²) in [5.74, 6) is -0.0128.